The third kappa shape index (κ3) is 3.06. The molecule has 7 heteroatoms. The van der Waals surface area contributed by atoms with Crippen molar-refractivity contribution < 1.29 is 29.0 Å². The first-order valence-corrected chi connectivity index (χ1v) is 12.9. The molecule has 1 saturated heterocycles. The molecule has 1 heterocycles. The minimum Gasteiger partial charge on any atom is -0.399 e. The molecule has 4 aliphatic carbocycles. The second-order valence-corrected chi connectivity index (χ2v) is 11.7. The standard InChI is InChI=1S/C29H33NO6/c1-27-10-9-19(32)12-17(27)5-8-20-21-13-24-29(23(34)15-31,28(21,2)14-22(33)26(20)27)36-25(35-24)11-16-3-6-18(30)7-4-16/h3-4,6-7,9-10,12,20-21,24-26,31H,5,8,11,13-15,30H2,1-2H3/t20-,21-,24+,25?,26?,27-,28-,29+/m0/s1. The van der Waals surface area contributed by atoms with Gasteiger partial charge in [0.05, 0.1) is 6.10 Å². The van der Waals surface area contributed by atoms with Gasteiger partial charge in [0.1, 0.15) is 12.4 Å². The molecular weight excluding hydrogens is 458 g/mol. The average Bonchev–Trinajstić information content (AvgIpc) is 3.32. The van der Waals surface area contributed by atoms with Crippen LogP contribution in [0.1, 0.15) is 45.1 Å². The molecule has 2 unspecified atom stereocenters. The zero-order valence-electron chi connectivity index (χ0n) is 20.7. The van der Waals surface area contributed by atoms with Gasteiger partial charge in [0.25, 0.3) is 0 Å². The predicted octanol–water partition coefficient (Wildman–Crippen LogP) is 2.95. The third-order valence-corrected chi connectivity index (χ3v) is 9.99. The molecule has 0 aromatic heterocycles. The van der Waals surface area contributed by atoms with Crippen LogP contribution in [0.5, 0.6) is 0 Å². The van der Waals surface area contributed by atoms with Gasteiger partial charge in [0.2, 0.25) is 0 Å². The van der Waals surface area contributed by atoms with E-state index in [1.807, 2.05) is 37.3 Å². The minimum absolute atomic E-state index is 0.0224. The molecule has 4 fully saturated rings. The lowest BCUT2D eigenvalue weighted by molar-refractivity contribution is -0.186. The molecule has 0 radical (unpaired) electrons. The summed E-state index contributed by atoms with van der Waals surface area (Å²) >= 11 is 0. The minimum atomic E-state index is -1.36. The van der Waals surface area contributed by atoms with E-state index in [4.69, 9.17) is 15.2 Å². The quantitative estimate of drug-likeness (QED) is 0.622. The van der Waals surface area contributed by atoms with Gasteiger partial charge in [-0.1, -0.05) is 37.6 Å². The first-order chi connectivity index (χ1) is 17.1. The molecule has 36 heavy (non-hydrogen) atoms. The SMILES string of the molecule is C[C@]12C=CC(=O)C=C1CC[C@@H]1C2C(=O)C[C@@]2(C)[C@H]1C[C@H]1OC(Cc3ccc(N)cc3)O[C@]12C(=O)CO. The summed E-state index contributed by atoms with van der Waals surface area (Å²) < 4.78 is 12.9. The number of nitrogens with two attached hydrogens (primary N) is 1. The van der Waals surface area contributed by atoms with Gasteiger partial charge < -0.3 is 20.3 Å². The average molecular weight is 492 g/mol. The van der Waals surface area contributed by atoms with E-state index in [1.165, 1.54) is 0 Å². The number of carbonyl (C=O) groups excluding carboxylic acids is 3. The normalized spacial score (nSPS) is 42.9. The molecular formula is C29H33NO6. The lowest BCUT2D eigenvalue weighted by Gasteiger charge is -2.57. The number of aliphatic hydroxyl groups excluding tert-OH is 1. The van der Waals surface area contributed by atoms with Gasteiger partial charge in [0, 0.05) is 35.3 Å². The molecule has 3 N–H and O–H groups in total. The Kier molecular flexibility index (Phi) is 5.24. The molecule has 7 nitrogen and oxygen atoms in total. The van der Waals surface area contributed by atoms with Gasteiger partial charge in [-0.3, -0.25) is 14.4 Å². The maximum Gasteiger partial charge on any atom is 0.193 e. The van der Waals surface area contributed by atoms with E-state index >= 15 is 0 Å². The monoisotopic (exact) mass is 491 g/mol. The fourth-order valence-corrected chi connectivity index (χ4v) is 8.40. The topological polar surface area (TPSA) is 116 Å². The Bertz CT molecular complexity index is 1200. The van der Waals surface area contributed by atoms with Gasteiger partial charge in [-0.25, -0.2) is 0 Å². The number of ether oxygens (including phenoxy) is 2. The molecule has 1 aliphatic heterocycles. The van der Waals surface area contributed by atoms with Crippen molar-refractivity contribution in [2.75, 3.05) is 12.3 Å². The molecule has 3 saturated carbocycles. The van der Waals surface area contributed by atoms with E-state index in [9.17, 15) is 19.5 Å². The first kappa shape index (κ1) is 23.8. The number of benzene rings is 1. The number of carbonyl (C=O) groups is 3. The number of allylic oxidation sites excluding steroid dienone is 4. The molecule has 0 amide bonds. The molecule has 190 valence electrons. The lowest BCUT2D eigenvalue weighted by Crippen LogP contribution is -2.62. The van der Waals surface area contributed by atoms with Gasteiger partial charge in [0.15, 0.2) is 23.5 Å². The van der Waals surface area contributed by atoms with E-state index in [2.05, 4.69) is 6.92 Å². The zero-order valence-corrected chi connectivity index (χ0v) is 20.7. The number of aliphatic hydroxyl groups is 1. The van der Waals surface area contributed by atoms with E-state index < -0.39 is 41.2 Å². The number of Topliss-reactive ketones (excluding diaryl/α,β-unsaturated/α-hetero) is 2. The van der Waals surface area contributed by atoms with Crippen LogP contribution in [0, 0.1) is 28.6 Å². The first-order valence-electron chi connectivity index (χ1n) is 12.9. The van der Waals surface area contributed by atoms with Crippen LogP contribution in [0.4, 0.5) is 5.69 Å². The van der Waals surface area contributed by atoms with Gasteiger partial charge in [-0.2, -0.15) is 0 Å². The smallest absolute Gasteiger partial charge is 0.193 e. The Morgan fingerprint density at radius 2 is 1.94 bits per heavy atom. The highest BCUT2D eigenvalue weighted by Gasteiger charge is 2.75. The highest BCUT2D eigenvalue weighted by molar-refractivity contribution is 6.02. The molecule has 1 aromatic rings. The second kappa shape index (κ2) is 7.94. The Morgan fingerprint density at radius 1 is 1.19 bits per heavy atom. The summed E-state index contributed by atoms with van der Waals surface area (Å²) in [5.41, 5.74) is 5.85. The Balaban J connectivity index is 1.35. The second-order valence-electron chi connectivity index (χ2n) is 11.7. The molecule has 6 rings (SSSR count). The summed E-state index contributed by atoms with van der Waals surface area (Å²) in [6, 6.07) is 7.45. The largest absolute Gasteiger partial charge is 0.399 e. The van der Waals surface area contributed by atoms with Crippen LogP contribution in [-0.4, -0.2) is 47.1 Å². The summed E-state index contributed by atoms with van der Waals surface area (Å²) in [6.07, 6.45) is 6.80. The van der Waals surface area contributed by atoms with Crippen LogP contribution in [-0.2, 0) is 30.3 Å². The molecule has 1 aromatic carbocycles. The lowest BCUT2D eigenvalue weighted by atomic mass is 9.46. The van der Waals surface area contributed by atoms with Crippen molar-refractivity contribution in [3.05, 3.63) is 53.6 Å². The number of hydrogen-bond donors (Lipinski definition) is 2. The van der Waals surface area contributed by atoms with E-state index in [0.717, 1.165) is 24.0 Å². The number of rotatable bonds is 4. The molecule has 0 spiro atoms. The summed E-state index contributed by atoms with van der Waals surface area (Å²) in [4.78, 5) is 39.5. The summed E-state index contributed by atoms with van der Waals surface area (Å²) in [5.74, 6) is -0.497. The Morgan fingerprint density at radius 3 is 2.67 bits per heavy atom. The number of nitrogen functional groups attached to an aromatic ring is 1. The van der Waals surface area contributed by atoms with Crippen molar-refractivity contribution in [1.29, 1.82) is 0 Å². The molecule has 5 aliphatic rings. The van der Waals surface area contributed by atoms with Crippen molar-refractivity contribution in [2.45, 2.75) is 63.9 Å². The van der Waals surface area contributed by atoms with Gasteiger partial charge >= 0.3 is 0 Å². The predicted molar refractivity (Wildman–Crippen MR) is 132 cm³/mol. The van der Waals surface area contributed by atoms with Crippen LogP contribution in [0.25, 0.3) is 0 Å². The Labute approximate surface area is 210 Å². The number of hydrogen-bond acceptors (Lipinski definition) is 7. The number of anilines is 1. The van der Waals surface area contributed by atoms with E-state index in [-0.39, 0.29) is 35.7 Å². The third-order valence-electron chi connectivity index (χ3n) is 9.99. The summed E-state index contributed by atoms with van der Waals surface area (Å²) in [6.45, 7) is 3.40. The van der Waals surface area contributed by atoms with Gasteiger partial charge in [-0.15, -0.1) is 0 Å². The fraction of sp³-hybridized carbons (Fsp3) is 0.552. The zero-order chi connectivity index (χ0) is 25.5. The Hall–Kier alpha value is -2.61. The van der Waals surface area contributed by atoms with E-state index in [0.29, 0.717) is 18.5 Å². The van der Waals surface area contributed by atoms with Crippen molar-refractivity contribution >= 4 is 23.0 Å². The van der Waals surface area contributed by atoms with Gasteiger partial charge in [-0.05, 0) is 60.9 Å². The number of ketones is 3. The van der Waals surface area contributed by atoms with Crippen molar-refractivity contribution in [1.82, 2.24) is 0 Å². The summed E-state index contributed by atoms with van der Waals surface area (Å²) in [7, 11) is 0. The number of fused-ring (bicyclic) bond motifs is 7. The van der Waals surface area contributed by atoms with E-state index in [1.54, 1.807) is 12.2 Å². The van der Waals surface area contributed by atoms with Crippen LogP contribution >= 0.6 is 0 Å². The van der Waals surface area contributed by atoms with Crippen LogP contribution < -0.4 is 5.73 Å². The van der Waals surface area contributed by atoms with Crippen molar-refractivity contribution in [3.8, 4) is 0 Å². The maximum absolute atomic E-state index is 13.9. The van der Waals surface area contributed by atoms with Crippen molar-refractivity contribution in [2.24, 2.45) is 28.6 Å². The van der Waals surface area contributed by atoms with Crippen LogP contribution in [0.3, 0.4) is 0 Å². The molecule has 8 atom stereocenters. The molecule has 0 bridgehead atoms. The highest BCUT2D eigenvalue weighted by atomic mass is 16.7. The highest BCUT2D eigenvalue weighted by Crippen LogP contribution is 2.68. The maximum atomic E-state index is 13.9. The van der Waals surface area contributed by atoms with Crippen LogP contribution in [0.2, 0.25) is 0 Å². The van der Waals surface area contributed by atoms with Crippen molar-refractivity contribution in [3.63, 3.8) is 0 Å². The van der Waals surface area contributed by atoms with Crippen LogP contribution in [0.15, 0.2) is 48.1 Å². The fourth-order valence-electron chi connectivity index (χ4n) is 8.40. The summed E-state index contributed by atoms with van der Waals surface area (Å²) in [5, 5.41) is 10.0.